The Morgan fingerprint density at radius 2 is 1.86 bits per heavy atom. The van der Waals surface area contributed by atoms with Crippen LogP contribution in [0.3, 0.4) is 0 Å². The summed E-state index contributed by atoms with van der Waals surface area (Å²) in [5, 5.41) is 0. The number of hydrogen-bond donors (Lipinski definition) is 0. The van der Waals surface area contributed by atoms with Crippen LogP contribution >= 0.6 is 0 Å². The Labute approximate surface area is 127 Å². The minimum absolute atomic E-state index is 0.193. The second-order valence-corrected chi connectivity index (χ2v) is 6.69. The van der Waals surface area contributed by atoms with Gasteiger partial charge in [-0.3, -0.25) is 9.69 Å². The van der Waals surface area contributed by atoms with Gasteiger partial charge in [-0.05, 0) is 63.3 Å². The average Bonchev–Trinajstić information content (AvgIpc) is 3.21. The molecule has 3 heteroatoms. The molecule has 0 spiro atoms. The Kier molecular flexibility index (Phi) is 4.29. The molecular formula is C18H26N2O. The van der Waals surface area contributed by atoms with Crippen LogP contribution in [0.2, 0.25) is 0 Å². The van der Waals surface area contributed by atoms with E-state index in [2.05, 4.69) is 31.0 Å². The van der Waals surface area contributed by atoms with Crippen LogP contribution in [-0.4, -0.2) is 41.9 Å². The molecule has 1 aliphatic carbocycles. The van der Waals surface area contributed by atoms with Crippen molar-refractivity contribution in [1.82, 2.24) is 9.80 Å². The highest BCUT2D eigenvalue weighted by molar-refractivity contribution is 5.94. The monoisotopic (exact) mass is 286 g/mol. The summed E-state index contributed by atoms with van der Waals surface area (Å²) in [4.78, 5) is 16.7. The zero-order valence-corrected chi connectivity index (χ0v) is 13.2. The average molecular weight is 286 g/mol. The second kappa shape index (κ2) is 6.18. The van der Waals surface area contributed by atoms with Gasteiger partial charge in [-0.2, -0.15) is 0 Å². The summed E-state index contributed by atoms with van der Waals surface area (Å²) in [6.45, 7) is 5.13. The molecule has 1 amide bonds. The highest BCUT2D eigenvalue weighted by Crippen LogP contribution is 2.35. The fourth-order valence-corrected chi connectivity index (χ4v) is 3.23. The van der Waals surface area contributed by atoms with E-state index in [9.17, 15) is 4.79 Å². The maximum Gasteiger partial charge on any atom is 0.253 e. The van der Waals surface area contributed by atoms with Gasteiger partial charge in [-0.15, -0.1) is 0 Å². The zero-order chi connectivity index (χ0) is 14.8. The van der Waals surface area contributed by atoms with Gasteiger partial charge in [0.15, 0.2) is 0 Å². The molecule has 1 aliphatic heterocycles. The molecule has 3 rings (SSSR count). The summed E-state index contributed by atoms with van der Waals surface area (Å²) in [5.41, 5.74) is 2.13. The lowest BCUT2D eigenvalue weighted by Crippen LogP contribution is -2.30. The molecule has 0 N–H and O–H groups in total. The third kappa shape index (κ3) is 3.46. The Bertz CT molecular complexity index is 486. The van der Waals surface area contributed by atoms with Crippen molar-refractivity contribution in [3.8, 4) is 0 Å². The number of carbonyl (C=O) groups excluding carboxylic acids is 1. The fraction of sp³-hybridized carbons (Fsp3) is 0.611. The van der Waals surface area contributed by atoms with Crippen molar-refractivity contribution in [1.29, 1.82) is 0 Å². The molecule has 1 saturated heterocycles. The number of rotatable bonds is 5. The van der Waals surface area contributed by atoms with E-state index in [-0.39, 0.29) is 5.91 Å². The Morgan fingerprint density at radius 3 is 2.43 bits per heavy atom. The van der Waals surface area contributed by atoms with E-state index in [0.717, 1.165) is 44.0 Å². The van der Waals surface area contributed by atoms with E-state index in [1.54, 1.807) is 0 Å². The molecular weight excluding hydrogens is 260 g/mol. The largest absolute Gasteiger partial charge is 0.339 e. The Hall–Kier alpha value is -1.35. The quantitative estimate of drug-likeness (QED) is 0.830. The molecule has 1 unspecified atom stereocenters. The van der Waals surface area contributed by atoms with E-state index in [1.165, 1.54) is 18.4 Å². The number of hydrogen-bond acceptors (Lipinski definition) is 2. The summed E-state index contributed by atoms with van der Waals surface area (Å²) in [5.74, 6) is 1.09. The van der Waals surface area contributed by atoms with Crippen molar-refractivity contribution in [2.75, 3.05) is 20.1 Å². The molecule has 0 radical (unpaired) electrons. The first-order valence-electron chi connectivity index (χ1n) is 8.23. The lowest BCUT2D eigenvalue weighted by atomic mass is 10.1. The predicted molar refractivity (Wildman–Crippen MR) is 85.2 cm³/mol. The molecule has 0 aromatic heterocycles. The molecule has 1 heterocycles. The normalized spacial score (nSPS) is 20.0. The minimum atomic E-state index is 0.193. The molecule has 21 heavy (non-hydrogen) atoms. The van der Waals surface area contributed by atoms with E-state index in [4.69, 9.17) is 0 Å². The predicted octanol–water partition coefficient (Wildman–Crippen LogP) is 3.15. The smallest absolute Gasteiger partial charge is 0.253 e. The first-order chi connectivity index (χ1) is 10.1. The summed E-state index contributed by atoms with van der Waals surface area (Å²) in [7, 11) is 2.20. The van der Waals surface area contributed by atoms with Crippen LogP contribution in [-0.2, 0) is 6.54 Å². The lowest BCUT2D eigenvalue weighted by Gasteiger charge is -2.24. The molecule has 1 saturated carbocycles. The summed E-state index contributed by atoms with van der Waals surface area (Å²) in [6.07, 6.45) is 5.06. The third-order valence-corrected chi connectivity index (χ3v) is 5.03. The maximum atomic E-state index is 12.3. The van der Waals surface area contributed by atoms with Gasteiger partial charge in [0.05, 0.1) is 0 Å². The Morgan fingerprint density at radius 1 is 1.24 bits per heavy atom. The standard InChI is InChI=1S/C18H26N2O/c1-14(16-9-10-16)19(2)13-15-5-7-17(8-6-15)18(21)20-11-3-4-12-20/h5-8,14,16H,3-4,9-13H2,1-2H3. The van der Waals surface area contributed by atoms with Gasteiger partial charge in [0, 0.05) is 31.2 Å². The van der Waals surface area contributed by atoms with Crippen molar-refractivity contribution in [3.05, 3.63) is 35.4 Å². The van der Waals surface area contributed by atoms with Gasteiger partial charge >= 0.3 is 0 Å². The van der Waals surface area contributed by atoms with Gasteiger partial charge in [-0.1, -0.05) is 12.1 Å². The first kappa shape index (κ1) is 14.6. The molecule has 3 nitrogen and oxygen atoms in total. The molecule has 0 bridgehead atoms. The zero-order valence-electron chi connectivity index (χ0n) is 13.2. The summed E-state index contributed by atoms with van der Waals surface area (Å²) in [6, 6.07) is 8.87. The van der Waals surface area contributed by atoms with Crippen LogP contribution in [0.25, 0.3) is 0 Å². The molecule has 1 atom stereocenters. The van der Waals surface area contributed by atoms with Crippen LogP contribution in [0.5, 0.6) is 0 Å². The van der Waals surface area contributed by atoms with Gasteiger partial charge < -0.3 is 4.90 Å². The van der Waals surface area contributed by atoms with Crippen molar-refractivity contribution in [2.24, 2.45) is 5.92 Å². The Balaban J connectivity index is 1.59. The van der Waals surface area contributed by atoms with E-state index in [1.807, 2.05) is 17.0 Å². The van der Waals surface area contributed by atoms with Crippen molar-refractivity contribution >= 4 is 5.91 Å². The minimum Gasteiger partial charge on any atom is -0.339 e. The van der Waals surface area contributed by atoms with Gasteiger partial charge in [-0.25, -0.2) is 0 Å². The van der Waals surface area contributed by atoms with Crippen LogP contribution in [0.4, 0.5) is 0 Å². The number of carbonyl (C=O) groups is 1. The lowest BCUT2D eigenvalue weighted by molar-refractivity contribution is 0.0793. The fourth-order valence-electron chi connectivity index (χ4n) is 3.23. The number of likely N-dealkylation sites (tertiary alicyclic amines) is 1. The van der Waals surface area contributed by atoms with Gasteiger partial charge in [0.25, 0.3) is 5.91 Å². The van der Waals surface area contributed by atoms with E-state index < -0.39 is 0 Å². The van der Waals surface area contributed by atoms with Crippen molar-refractivity contribution in [3.63, 3.8) is 0 Å². The van der Waals surface area contributed by atoms with Crippen LogP contribution in [0.1, 0.15) is 48.5 Å². The van der Waals surface area contributed by atoms with E-state index >= 15 is 0 Å². The topological polar surface area (TPSA) is 23.6 Å². The van der Waals surface area contributed by atoms with Crippen LogP contribution < -0.4 is 0 Å². The van der Waals surface area contributed by atoms with Crippen LogP contribution in [0, 0.1) is 5.92 Å². The van der Waals surface area contributed by atoms with Gasteiger partial charge in [0.1, 0.15) is 0 Å². The second-order valence-electron chi connectivity index (χ2n) is 6.69. The maximum absolute atomic E-state index is 12.3. The molecule has 1 aromatic rings. The number of nitrogens with zero attached hydrogens (tertiary/aromatic N) is 2. The highest BCUT2D eigenvalue weighted by atomic mass is 16.2. The SMILES string of the molecule is CC(C1CC1)N(C)Cc1ccc(C(=O)N2CCCC2)cc1. The highest BCUT2D eigenvalue weighted by Gasteiger charge is 2.30. The molecule has 1 aromatic carbocycles. The van der Waals surface area contributed by atoms with Gasteiger partial charge in [0.2, 0.25) is 0 Å². The number of benzene rings is 1. The number of amides is 1. The van der Waals surface area contributed by atoms with Crippen molar-refractivity contribution < 1.29 is 4.79 Å². The molecule has 114 valence electrons. The molecule has 2 aliphatic rings. The summed E-state index contributed by atoms with van der Waals surface area (Å²) >= 11 is 0. The van der Waals surface area contributed by atoms with E-state index in [0.29, 0.717) is 6.04 Å². The van der Waals surface area contributed by atoms with Crippen LogP contribution in [0.15, 0.2) is 24.3 Å². The first-order valence-corrected chi connectivity index (χ1v) is 8.23. The molecule has 2 fully saturated rings. The van der Waals surface area contributed by atoms with Crippen molar-refractivity contribution in [2.45, 2.75) is 45.2 Å². The third-order valence-electron chi connectivity index (χ3n) is 5.03. The summed E-state index contributed by atoms with van der Waals surface area (Å²) < 4.78 is 0.